The van der Waals surface area contributed by atoms with Gasteiger partial charge in [0.05, 0.1) is 0 Å². The third-order valence-corrected chi connectivity index (χ3v) is 5.64. The molecule has 100 valence electrons. The van der Waals surface area contributed by atoms with Crippen molar-refractivity contribution in [3.05, 3.63) is 0 Å². The Bertz CT molecular complexity index is 238. The molecule has 2 unspecified atom stereocenters. The fourth-order valence-corrected chi connectivity index (χ4v) is 4.17. The molecular weight excluding hydrogens is 228 g/mol. The van der Waals surface area contributed by atoms with E-state index in [1.54, 1.807) is 0 Å². The molecule has 0 bridgehead atoms. The third-order valence-electron chi connectivity index (χ3n) is 4.51. The molecule has 1 spiro atoms. The lowest BCUT2D eigenvalue weighted by Gasteiger charge is -2.47. The van der Waals surface area contributed by atoms with Crippen molar-refractivity contribution in [2.24, 2.45) is 0 Å². The van der Waals surface area contributed by atoms with Crippen molar-refractivity contribution < 1.29 is 0 Å². The average molecular weight is 256 g/mol. The van der Waals surface area contributed by atoms with E-state index in [0.717, 1.165) is 6.04 Å². The first-order valence-electron chi connectivity index (χ1n) is 7.25. The minimum atomic E-state index is 0.470. The zero-order valence-electron chi connectivity index (χ0n) is 11.7. The molecule has 1 heterocycles. The molecule has 0 aromatic carbocycles. The van der Waals surface area contributed by atoms with Crippen LogP contribution in [0.4, 0.5) is 0 Å². The Labute approximate surface area is 111 Å². The highest BCUT2D eigenvalue weighted by atomic mass is 32.2. The lowest BCUT2D eigenvalue weighted by molar-refractivity contribution is 0.0646. The second kappa shape index (κ2) is 5.94. The summed E-state index contributed by atoms with van der Waals surface area (Å²) in [5, 5.41) is 3.84. The molecule has 17 heavy (non-hydrogen) atoms. The van der Waals surface area contributed by atoms with Crippen LogP contribution < -0.4 is 5.32 Å². The Morgan fingerprint density at radius 3 is 2.76 bits per heavy atom. The van der Waals surface area contributed by atoms with Gasteiger partial charge in [-0.05, 0) is 32.4 Å². The van der Waals surface area contributed by atoms with Gasteiger partial charge in [0.15, 0.2) is 0 Å². The summed E-state index contributed by atoms with van der Waals surface area (Å²) in [6.07, 6.45) is 5.63. The maximum atomic E-state index is 3.84. The lowest BCUT2D eigenvalue weighted by atomic mass is 9.92. The van der Waals surface area contributed by atoms with E-state index in [4.69, 9.17) is 0 Å². The minimum Gasteiger partial charge on any atom is -0.308 e. The number of rotatable bonds is 4. The summed E-state index contributed by atoms with van der Waals surface area (Å²) in [6, 6.07) is 1.43. The summed E-state index contributed by atoms with van der Waals surface area (Å²) < 4.78 is 0. The summed E-state index contributed by atoms with van der Waals surface area (Å²) >= 11 is 2.08. The molecule has 2 aliphatic rings. The third kappa shape index (κ3) is 3.18. The van der Waals surface area contributed by atoms with Gasteiger partial charge in [-0.1, -0.05) is 19.8 Å². The molecule has 2 fully saturated rings. The first-order chi connectivity index (χ1) is 8.17. The molecule has 0 amide bonds. The van der Waals surface area contributed by atoms with E-state index < -0.39 is 0 Å². The Morgan fingerprint density at radius 1 is 1.41 bits per heavy atom. The maximum absolute atomic E-state index is 3.84. The predicted octanol–water partition coefficient (Wildman–Crippen LogP) is 2.73. The van der Waals surface area contributed by atoms with Crippen LogP contribution in [0.15, 0.2) is 0 Å². The first-order valence-corrected chi connectivity index (χ1v) is 8.41. The van der Waals surface area contributed by atoms with Crippen molar-refractivity contribution in [3.8, 4) is 0 Å². The van der Waals surface area contributed by atoms with Gasteiger partial charge in [0.1, 0.15) is 0 Å². The number of hydrogen-bond donors (Lipinski definition) is 1. The average Bonchev–Trinajstić information content (AvgIpc) is 2.78. The molecule has 1 saturated heterocycles. The van der Waals surface area contributed by atoms with Crippen LogP contribution in [0.25, 0.3) is 0 Å². The summed E-state index contributed by atoms with van der Waals surface area (Å²) in [5.74, 6) is 2.53. The van der Waals surface area contributed by atoms with Crippen LogP contribution in [-0.2, 0) is 0 Å². The largest absolute Gasteiger partial charge is 0.308 e. The second-order valence-corrected chi connectivity index (χ2v) is 7.22. The van der Waals surface area contributed by atoms with Crippen LogP contribution >= 0.6 is 11.8 Å². The van der Waals surface area contributed by atoms with Crippen molar-refractivity contribution in [2.45, 2.75) is 64.1 Å². The lowest BCUT2D eigenvalue weighted by Crippen LogP contribution is -2.64. The summed E-state index contributed by atoms with van der Waals surface area (Å²) in [5.41, 5.74) is 0.470. The smallest absolute Gasteiger partial charge is 0.0309 e. The maximum Gasteiger partial charge on any atom is 0.0309 e. The van der Waals surface area contributed by atoms with E-state index in [1.165, 1.54) is 50.3 Å². The minimum absolute atomic E-state index is 0.470. The molecule has 3 heteroatoms. The number of nitrogens with zero attached hydrogens (tertiary/aromatic N) is 1. The van der Waals surface area contributed by atoms with E-state index >= 15 is 0 Å². The standard InChI is InChI=1S/C14H28N2S/c1-4-17-10-13(3)16-11-14(7-5-6-8-14)15-9-12(16)2/h12-13,15H,4-11H2,1-3H3. The van der Waals surface area contributed by atoms with Gasteiger partial charge in [0.2, 0.25) is 0 Å². The van der Waals surface area contributed by atoms with Crippen molar-refractivity contribution >= 4 is 11.8 Å². The fourth-order valence-electron chi connectivity index (χ4n) is 3.40. The number of hydrogen-bond acceptors (Lipinski definition) is 3. The predicted molar refractivity (Wildman–Crippen MR) is 77.8 cm³/mol. The van der Waals surface area contributed by atoms with Gasteiger partial charge >= 0.3 is 0 Å². The molecule has 2 nitrogen and oxygen atoms in total. The van der Waals surface area contributed by atoms with Crippen LogP contribution in [-0.4, -0.2) is 47.1 Å². The van der Waals surface area contributed by atoms with Crippen LogP contribution in [0.1, 0.15) is 46.5 Å². The molecular formula is C14H28N2S. The first kappa shape index (κ1) is 13.7. The normalized spacial score (nSPS) is 30.9. The topological polar surface area (TPSA) is 15.3 Å². The quantitative estimate of drug-likeness (QED) is 0.832. The SMILES string of the molecule is CCSCC(C)N1CC2(CCCC2)NCC1C. The molecule has 0 aromatic rings. The summed E-state index contributed by atoms with van der Waals surface area (Å²) in [6.45, 7) is 9.51. The van der Waals surface area contributed by atoms with Crippen LogP contribution in [0.5, 0.6) is 0 Å². The summed E-state index contributed by atoms with van der Waals surface area (Å²) in [4.78, 5) is 2.75. The molecule has 1 N–H and O–H groups in total. The van der Waals surface area contributed by atoms with Gasteiger partial charge in [0, 0.05) is 36.5 Å². The van der Waals surface area contributed by atoms with Gasteiger partial charge in [-0.2, -0.15) is 11.8 Å². The highest BCUT2D eigenvalue weighted by molar-refractivity contribution is 7.99. The zero-order chi connectivity index (χ0) is 12.3. The summed E-state index contributed by atoms with van der Waals surface area (Å²) in [7, 11) is 0. The van der Waals surface area contributed by atoms with Crippen molar-refractivity contribution in [1.82, 2.24) is 10.2 Å². The van der Waals surface area contributed by atoms with Crippen LogP contribution in [0, 0.1) is 0 Å². The van der Waals surface area contributed by atoms with E-state index in [0.29, 0.717) is 11.6 Å². The van der Waals surface area contributed by atoms with Gasteiger partial charge in [-0.25, -0.2) is 0 Å². The van der Waals surface area contributed by atoms with Crippen molar-refractivity contribution in [2.75, 3.05) is 24.6 Å². The molecule has 2 rings (SSSR count). The highest BCUT2D eigenvalue weighted by Crippen LogP contribution is 2.34. The fraction of sp³-hybridized carbons (Fsp3) is 1.00. The monoisotopic (exact) mass is 256 g/mol. The number of nitrogens with one attached hydrogen (secondary N) is 1. The number of thioether (sulfide) groups is 1. The second-order valence-electron chi connectivity index (χ2n) is 5.90. The van der Waals surface area contributed by atoms with Gasteiger partial charge in [0.25, 0.3) is 0 Å². The molecule has 0 radical (unpaired) electrons. The van der Waals surface area contributed by atoms with E-state index in [9.17, 15) is 0 Å². The number of piperazine rings is 1. The molecule has 0 aromatic heterocycles. The Balaban J connectivity index is 1.94. The van der Waals surface area contributed by atoms with Gasteiger partial charge in [-0.3, -0.25) is 4.90 Å². The molecule has 1 aliphatic carbocycles. The van der Waals surface area contributed by atoms with Crippen molar-refractivity contribution in [3.63, 3.8) is 0 Å². The Kier molecular flexibility index (Phi) is 4.79. The highest BCUT2D eigenvalue weighted by Gasteiger charge is 2.40. The van der Waals surface area contributed by atoms with E-state index in [-0.39, 0.29) is 0 Å². The van der Waals surface area contributed by atoms with Crippen molar-refractivity contribution in [1.29, 1.82) is 0 Å². The Hall–Kier alpha value is 0.270. The molecule has 1 saturated carbocycles. The van der Waals surface area contributed by atoms with Gasteiger partial charge < -0.3 is 5.32 Å². The van der Waals surface area contributed by atoms with Gasteiger partial charge in [-0.15, -0.1) is 0 Å². The van der Waals surface area contributed by atoms with E-state index in [1.807, 2.05) is 0 Å². The van der Waals surface area contributed by atoms with Crippen LogP contribution in [0.2, 0.25) is 0 Å². The zero-order valence-corrected chi connectivity index (χ0v) is 12.5. The van der Waals surface area contributed by atoms with Crippen LogP contribution in [0.3, 0.4) is 0 Å². The Morgan fingerprint density at radius 2 is 2.12 bits per heavy atom. The molecule has 2 atom stereocenters. The van der Waals surface area contributed by atoms with E-state index in [2.05, 4.69) is 42.7 Å². The molecule has 1 aliphatic heterocycles.